The number of nitrogens with one attached hydrogen (secondary N) is 1. The molecule has 132 valence electrons. The van der Waals surface area contributed by atoms with E-state index in [0.717, 1.165) is 44.9 Å². The van der Waals surface area contributed by atoms with Gasteiger partial charge in [-0.1, -0.05) is 19.3 Å². The number of amides is 1. The molecule has 1 aliphatic carbocycles. The van der Waals surface area contributed by atoms with E-state index in [1.54, 1.807) is 0 Å². The number of piperidine rings is 1. The lowest BCUT2D eigenvalue weighted by Crippen LogP contribution is -2.35. The Labute approximate surface area is 143 Å². The van der Waals surface area contributed by atoms with E-state index in [9.17, 15) is 13.2 Å². The van der Waals surface area contributed by atoms with Crippen LogP contribution in [0.5, 0.6) is 0 Å². The highest BCUT2D eigenvalue weighted by molar-refractivity contribution is 7.89. The molecule has 3 rings (SSSR count). The Bertz CT molecular complexity index is 660. The van der Waals surface area contributed by atoms with Crippen LogP contribution in [0.4, 0.5) is 0 Å². The molecule has 0 aromatic heterocycles. The molecule has 1 aromatic rings. The van der Waals surface area contributed by atoms with Crippen LogP contribution in [0.1, 0.15) is 55.3 Å². The van der Waals surface area contributed by atoms with Gasteiger partial charge in [0.1, 0.15) is 0 Å². The van der Waals surface area contributed by atoms with Gasteiger partial charge >= 0.3 is 0 Å². The fourth-order valence-electron chi connectivity index (χ4n) is 3.23. The van der Waals surface area contributed by atoms with Crippen LogP contribution in [0, 0.1) is 0 Å². The standard InChI is InChI=1S/C17H24N2O4S/c20-17(18-23-15-6-2-3-7-15)14-8-10-16(11-9-14)24(21,22)19-12-4-1-5-13-19/h8-11,15H,1-7,12-13H2,(H,18,20). The average molecular weight is 352 g/mol. The van der Waals surface area contributed by atoms with Gasteiger partial charge < -0.3 is 0 Å². The Balaban J connectivity index is 1.62. The van der Waals surface area contributed by atoms with Gasteiger partial charge in [0.2, 0.25) is 10.0 Å². The zero-order valence-corrected chi connectivity index (χ0v) is 14.6. The first kappa shape index (κ1) is 17.4. The first-order valence-corrected chi connectivity index (χ1v) is 10.1. The lowest BCUT2D eigenvalue weighted by molar-refractivity contribution is -0.0124. The van der Waals surface area contributed by atoms with Gasteiger partial charge in [-0.25, -0.2) is 13.9 Å². The second-order valence-electron chi connectivity index (χ2n) is 6.44. The number of carbonyl (C=O) groups excluding carboxylic acids is 1. The molecule has 0 atom stereocenters. The number of hydroxylamine groups is 1. The largest absolute Gasteiger partial charge is 0.274 e. The Morgan fingerprint density at radius 2 is 1.62 bits per heavy atom. The predicted octanol–water partition coefficient (Wildman–Crippen LogP) is 2.47. The fourth-order valence-corrected chi connectivity index (χ4v) is 4.75. The third-order valence-electron chi connectivity index (χ3n) is 4.69. The molecule has 0 bridgehead atoms. The summed E-state index contributed by atoms with van der Waals surface area (Å²) < 4.78 is 26.7. The van der Waals surface area contributed by atoms with Crippen LogP contribution in [0.3, 0.4) is 0 Å². The molecule has 1 saturated carbocycles. The van der Waals surface area contributed by atoms with E-state index in [2.05, 4.69) is 5.48 Å². The number of rotatable bonds is 5. The number of carbonyl (C=O) groups is 1. The third kappa shape index (κ3) is 3.96. The molecule has 0 unspecified atom stereocenters. The molecular weight excluding hydrogens is 328 g/mol. The van der Waals surface area contributed by atoms with Gasteiger partial charge in [0.15, 0.2) is 0 Å². The summed E-state index contributed by atoms with van der Waals surface area (Å²) in [5.41, 5.74) is 2.86. The van der Waals surface area contributed by atoms with Crippen molar-refractivity contribution >= 4 is 15.9 Å². The quantitative estimate of drug-likeness (QED) is 0.826. The second kappa shape index (κ2) is 7.63. The summed E-state index contributed by atoms with van der Waals surface area (Å²) in [6.45, 7) is 1.14. The summed E-state index contributed by atoms with van der Waals surface area (Å²) in [7, 11) is -3.46. The maximum atomic E-state index is 12.6. The lowest BCUT2D eigenvalue weighted by atomic mass is 10.2. The summed E-state index contributed by atoms with van der Waals surface area (Å²) in [6, 6.07) is 6.05. The highest BCUT2D eigenvalue weighted by Gasteiger charge is 2.26. The minimum atomic E-state index is -3.46. The Kier molecular flexibility index (Phi) is 5.53. The van der Waals surface area contributed by atoms with Gasteiger partial charge in [-0.2, -0.15) is 4.31 Å². The molecular formula is C17H24N2O4S. The summed E-state index contributed by atoms with van der Waals surface area (Å²) >= 11 is 0. The second-order valence-corrected chi connectivity index (χ2v) is 8.38. The average Bonchev–Trinajstić information content (AvgIpc) is 3.14. The molecule has 1 amide bonds. The van der Waals surface area contributed by atoms with Crippen LogP contribution in [-0.2, 0) is 14.9 Å². The van der Waals surface area contributed by atoms with Crippen LogP contribution in [0.25, 0.3) is 0 Å². The molecule has 1 saturated heterocycles. The van der Waals surface area contributed by atoms with Crippen molar-refractivity contribution in [1.82, 2.24) is 9.79 Å². The van der Waals surface area contributed by atoms with Gasteiger partial charge in [0.05, 0.1) is 11.0 Å². The van der Waals surface area contributed by atoms with Crippen molar-refractivity contribution in [3.8, 4) is 0 Å². The monoisotopic (exact) mass is 352 g/mol. The zero-order chi connectivity index (χ0) is 17.0. The number of sulfonamides is 1. The summed E-state index contributed by atoms with van der Waals surface area (Å²) in [4.78, 5) is 17.7. The van der Waals surface area contributed by atoms with Crippen molar-refractivity contribution in [2.75, 3.05) is 13.1 Å². The number of hydrogen-bond acceptors (Lipinski definition) is 4. The van der Waals surface area contributed by atoms with Crippen LogP contribution in [-0.4, -0.2) is 37.8 Å². The molecule has 1 aliphatic heterocycles. The van der Waals surface area contributed by atoms with Crippen LogP contribution < -0.4 is 5.48 Å². The summed E-state index contributed by atoms with van der Waals surface area (Å²) in [6.07, 6.45) is 7.16. The van der Waals surface area contributed by atoms with Crippen LogP contribution >= 0.6 is 0 Å². The molecule has 0 spiro atoms. The molecule has 7 heteroatoms. The third-order valence-corrected chi connectivity index (χ3v) is 6.60. The molecule has 0 radical (unpaired) electrons. The highest BCUT2D eigenvalue weighted by atomic mass is 32.2. The van der Waals surface area contributed by atoms with E-state index in [0.29, 0.717) is 18.7 Å². The lowest BCUT2D eigenvalue weighted by Gasteiger charge is -2.25. The van der Waals surface area contributed by atoms with Gasteiger partial charge in [-0.15, -0.1) is 0 Å². The number of hydrogen-bond donors (Lipinski definition) is 1. The van der Waals surface area contributed by atoms with Crippen molar-refractivity contribution in [2.45, 2.75) is 55.9 Å². The minimum absolute atomic E-state index is 0.0905. The smallest absolute Gasteiger partial charge is 0.270 e. The maximum Gasteiger partial charge on any atom is 0.274 e. The van der Waals surface area contributed by atoms with Crippen molar-refractivity contribution in [3.05, 3.63) is 29.8 Å². The SMILES string of the molecule is O=C(NOC1CCCC1)c1ccc(S(=O)(=O)N2CCCCC2)cc1. The van der Waals surface area contributed by atoms with Crippen molar-refractivity contribution in [2.24, 2.45) is 0 Å². The van der Waals surface area contributed by atoms with E-state index < -0.39 is 10.0 Å². The topological polar surface area (TPSA) is 75.7 Å². The summed E-state index contributed by atoms with van der Waals surface area (Å²) in [5.74, 6) is -0.344. The first-order chi connectivity index (χ1) is 11.6. The van der Waals surface area contributed by atoms with Crippen molar-refractivity contribution in [3.63, 3.8) is 0 Å². The molecule has 1 N–H and O–H groups in total. The van der Waals surface area contributed by atoms with Gasteiger partial charge in [-0.3, -0.25) is 9.63 Å². The van der Waals surface area contributed by atoms with Crippen molar-refractivity contribution < 1.29 is 18.0 Å². The minimum Gasteiger partial charge on any atom is -0.270 e. The van der Waals surface area contributed by atoms with E-state index in [1.807, 2.05) is 0 Å². The predicted molar refractivity (Wildman–Crippen MR) is 89.9 cm³/mol. The van der Waals surface area contributed by atoms with Crippen LogP contribution in [0.15, 0.2) is 29.2 Å². The number of nitrogens with zero attached hydrogens (tertiary/aromatic N) is 1. The van der Waals surface area contributed by atoms with E-state index in [-0.39, 0.29) is 16.9 Å². The molecule has 24 heavy (non-hydrogen) atoms. The Morgan fingerprint density at radius 1 is 1.00 bits per heavy atom. The van der Waals surface area contributed by atoms with Gasteiger partial charge in [-0.05, 0) is 49.9 Å². The molecule has 2 aliphatic rings. The maximum absolute atomic E-state index is 12.6. The van der Waals surface area contributed by atoms with Crippen LogP contribution in [0.2, 0.25) is 0 Å². The summed E-state index contributed by atoms with van der Waals surface area (Å²) in [5, 5.41) is 0. The Hall–Kier alpha value is -1.44. The normalized spacial score (nSPS) is 20.2. The Morgan fingerprint density at radius 3 is 2.25 bits per heavy atom. The molecule has 1 aromatic carbocycles. The fraction of sp³-hybridized carbons (Fsp3) is 0.588. The van der Waals surface area contributed by atoms with E-state index in [4.69, 9.17) is 4.84 Å². The zero-order valence-electron chi connectivity index (χ0n) is 13.7. The van der Waals surface area contributed by atoms with Gasteiger partial charge in [0, 0.05) is 18.7 Å². The molecule has 6 nitrogen and oxygen atoms in total. The van der Waals surface area contributed by atoms with E-state index >= 15 is 0 Å². The number of benzene rings is 1. The molecule has 2 fully saturated rings. The van der Waals surface area contributed by atoms with Crippen molar-refractivity contribution in [1.29, 1.82) is 0 Å². The van der Waals surface area contributed by atoms with Gasteiger partial charge in [0.25, 0.3) is 5.91 Å². The highest BCUT2D eigenvalue weighted by Crippen LogP contribution is 2.22. The molecule has 1 heterocycles. The first-order valence-electron chi connectivity index (χ1n) is 8.63. The van der Waals surface area contributed by atoms with E-state index in [1.165, 1.54) is 28.6 Å².